The van der Waals surface area contributed by atoms with Crippen LogP contribution in [0.5, 0.6) is 11.5 Å². The molecule has 0 amide bonds. The van der Waals surface area contributed by atoms with E-state index in [1.807, 2.05) is 42.5 Å². The number of halogens is 2. The van der Waals surface area contributed by atoms with E-state index in [0.717, 1.165) is 37.7 Å². The highest BCUT2D eigenvalue weighted by atomic mass is 79.9. The first kappa shape index (κ1) is 19.9. The van der Waals surface area contributed by atoms with E-state index < -0.39 is 0 Å². The van der Waals surface area contributed by atoms with E-state index in [2.05, 4.69) is 82.7 Å². The fourth-order valence-corrected chi connectivity index (χ4v) is 4.18. The van der Waals surface area contributed by atoms with Gasteiger partial charge in [-0.1, -0.05) is 84.4 Å². The molecule has 0 saturated carbocycles. The predicted molar refractivity (Wildman–Crippen MR) is 134 cm³/mol. The summed E-state index contributed by atoms with van der Waals surface area (Å²) >= 11 is 9.82. The molecule has 0 aliphatic carbocycles. The van der Waals surface area contributed by atoms with Gasteiger partial charge in [-0.3, -0.25) is 0 Å². The average Bonchev–Trinajstić information content (AvgIpc) is 2.82. The van der Waals surface area contributed by atoms with Gasteiger partial charge in [-0.2, -0.15) is 0 Å². The number of hydrogen-bond acceptors (Lipinski definition) is 1. The molecule has 150 valence electrons. The molecule has 5 aromatic carbocycles. The first-order chi connectivity index (χ1) is 15.2. The van der Waals surface area contributed by atoms with Crippen molar-refractivity contribution in [2.45, 2.75) is 0 Å². The van der Waals surface area contributed by atoms with Crippen LogP contribution >= 0.6 is 27.5 Å². The second kappa shape index (κ2) is 8.58. The molecule has 5 rings (SSSR count). The van der Waals surface area contributed by atoms with Gasteiger partial charge in [-0.25, -0.2) is 0 Å². The number of hydrogen-bond donors (Lipinski definition) is 0. The van der Waals surface area contributed by atoms with Crippen LogP contribution in [0.4, 0.5) is 0 Å². The Kier molecular flexibility index (Phi) is 5.50. The lowest BCUT2D eigenvalue weighted by atomic mass is 9.97. The number of benzene rings is 5. The minimum Gasteiger partial charge on any atom is -0.455 e. The fourth-order valence-electron chi connectivity index (χ4n) is 3.69. The van der Waals surface area contributed by atoms with Crippen LogP contribution < -0.4 is 4.74 Å². The van der Waals surface area contributed by atoms with Crippen molar-refractivity contribution in [2.24, 2.45) is 0 Å². The maximum Gasteiger partial charge on any atom is 0.143 e. The normalized spacial score (nSPS) is 10.9. The van der Waals surface area contributed by atoms with E-state index >= 15 is 0 Å². The molecule has 0 fully saturated rings. The van der Waals surface area contributed by atoms with Crippen molar-refractivity contribution in [3.05, 3.63) is 119 Å². The second-order valence-electron chi connectivity index (χ2n) is 7.32. The third-order valence-corrected chi connectivity index (χ3v) is 6.13. The lowest BCUT2D eigenvalue weighted by Crippen LogP contribution is -1.90. The smallest absolute Gasteiger partial charge is 0.143 e. The summed E-state index contributed by atoms with van der Waals surface area (Å²) in [7, 11) is 0. The van der Waals surface area contributed by atoms with Crippen molar-refractivity contribution in [3.63, 3.8) is 0 Å². The van der Waals surface area contributed by atoms with Crippen LogP contribution in [0.15, 0.2) is 114 Å². The molecule has 0 unspecified atom stereocenters. The van der Waals surface area contributed by atoms with Crippen LogP contribution in [0, 0.1) is 0 Å². The Labute approximate surface area is 195 Å². The highest BCUT2D eigenvalue weighted by Gasteiger charge is 2.12. The van der Waals surface area contributed by atoms with Crippen molar-refractivity contribution in [3.8, 4) is 33.8 Å². The Balaban J connectivity index is 1.71. The second-order valence-corrected chi connectivity index (χ2v) is 8.61. The van der Waals surface area contributed by atoms with Crippen molar-refractivity contribution < 1.29 is 4.74 Å². The highest BCUT2D eigenvalue weighted by molar-refractivity contribution is 9.10. The molecule has 0 spiro atoms. The lowest BCUT2D eigenvalue weighted by Gasteiger charge is -2.15. The van der Waals surface area contributed by atoms with Crippen LogP contribution in [0.25, 0.3) is 33.0 Å². The monoisotopic (exact) mass is 484 g/mol. The lowest BCUT2D eigenvalue weighted by molar-refractivity contribution is 0.485. The molecule has 1 nitrogen and oxygen atoms in total. The summed E-state index contributed by atoms with van der Waals surface area (Å²) in [5.74, 6) is 1.47. The molecule has 0 heterocycles. The minimum atomic E-state index is 0.631. The van der Waals surface area contributed by atoms with Crippen molar-refractivity contribution in [2.75, 3.05) is 0 Å². The summed E-state index contributed by atoms with van der Waals surface area (Å²) in [5.41, 5.74) is 4.57. The summed E-state index contributed by atoms with van der Waals surface area (Å²) in [6.07, 6.45) is 0. The van der Waals surface area contributed by atoms with Crippen LogP contribution in [-0.2, 0) is 0 Å². The van der Waals surface area contributed by atoms with E-state index in [9.17, 15) is 0 Å². The Bertz CT molecular complexity index is 1360. The Hall–Kier alpha value is -3.07. The summed E-state index contributed by atoms with van der Waals surface area (Å²) in [6, 6.07) is 37.1. The molecule has 3 heteroatoms. The van der Waals surface area contributed by atoms with Crippen molar-refractivity contribution >= 4 is 38.3 Å². The van der Waals surface area contributed by atoms with Crippen LogP contribution in [-0.4, -0.2) is 0 Å². The van der Waals surface area contributed by atoms with Gasteiger partial charge in [0.25, 0.3) is 0 Å². The predicted octanol–water partition coefficient (Wildman–Crippen LogP) is 9.38. The number of fused-ring (bicyclic) bond motifs is 1. The molecule has 5 aromatic rings. The van der Waals surface area contributed by atoms with Gasteiger partial charge < -0.3 is 4.74 Å². The minimum absolute atomic E-state index is 0.631. The molecule has 0 saturated heterocycles. The number of rotatable bonds is 4. The quantitative estimate of drug-likeness (QED) is 0.246. The van der Waals surface area contributed by atoms with E-state index in [4.69, 9.17) is 16.3 Å². The zero-order valence-electron chi connectivity index (χ0n) is 16.6. The maximum atomic E-state index is 6.42. The largest absolute Gasteiger partial charge is 0.455 e. The topological polar surface area (TPSA) is 9.23 Å². The van der Waals surface area contributed by atoms with E-state index in [-0.39, 0.29) is 0 Å². The highest BCUT2D eigenvalue weighted by Crippen LogP contribution is 2.39. The molecular weight excluding hydrogens is 468 g/mol. The standard InChI is InChI=1S/C28H18BrClO/c29-26-14-13-24(30)18-28(26)31-27-17-23(20-9-5-2-6-10-20)15-22-12-11-21(16-25(22)27)19-7-3-1-4-8-19/h1-18H. The van der Waals surface area contributed by atoms with Gasteiger partial charge in [-0.05, 0) is 73.9 Å². The zero-order valence-corrected chi connectivity index (χ0v) is 18.9. The molecule has 0 bridgehead atoms. The Morgan fingerprint density at radius 2 is 1.23 bits per heavy atom. The van der Waals surface area contributed by atoms with E-state index in [0.29, 0.717) is 10.8 Å². The van der Waals surface area contributed by atoms with Crippen LogP contribution in [0.1, 0.15) is 0 Å². The van der Waals surface area contributed by atoms with Gasteiger partial charge in [0.05, 0.1) is 4.47 Å². The summed E-state index contributed by atoms with van der Waals surface area (Å²) in [5, 5.41) is 2.80. The van der Waals surface area contributed by atoms with Gasteiger partial charge in [0.15, 0.2) is 0 Å². The van der Waals surface area contributed by atoms with Gasteiger partial charge in [0, 0.05) is 16.5 Å². The molecule has 0 aromatic heterocycles. The van der Waals surface area contributed by atoms with E-state index in [1.165, 1.54) is 5.56 Å². The van der Waals surface area contributed by atoms with E-state index in [1.54, 1.807) is 0 Å². The SMILES string of the molecule is Clc1ccc(Br)c(Oc2cc(-c3ccccc3)cc3ccc(-c4ccccc4)cc23)c1. The van der Waals surface area contributed by atoms with Crippen LogP contribution in [0.3, 0.4) is 0 Å². The molecule has 0 aliphatic heterocycles. The Morgan fingerprint density at radius 3 is 1.94 bits per heavy atom. The third-order valence-electron chi connectivity index (χ3n) is 5.24. The van der Waals surface area contributed by atoms with Gasteiger partial charge >= 0.3 is 0 Å². The molecular formula is C28H18BrClO. The summed E-state index contributed by atoms with van der Waals surface area (Å²) < 4.78 is 7.28. The first-order valence-corrected chi connectivity index (χ1v) is 11.2. The molecule has 0 radical (unpaired) electrons. The molecule has 31 heavy (non-hydrogen) atoms. The summed E-state index contributed by atoms with van der Waals surface area (Å²) in [4.78, 5) is 0. The summed E-state index contributed by atoms with van der Waals surface area (Å²) in [6.45, 7) is 0. The van der Waals surface area contributed by atoms with Crippen molar-refractivity contribution in [1.29, 1.82) is 0 Å². The fraction of sp³-hybridized carbons (Fsp3) is 0. The third kappa shape index (κ3) is 4.23. The molecule has 0 atom stereocenters. The van der Waals surface area contributed by atoms with Gasteiger partial charge in [-0.15, -0.1) is 0 Å². The average molecular weight is 486 g/mol. The first-order valence-electron chi connectivity index (χ1n) is 9.99. The van der Waals surface area contributed by atoms with Crippen LogP contribution in [0.2, 0.25) is 5.02 Å². The van der Waals surface area contributed by atoms with Gasteiger partial charge in [0.2, 0.25) is 0 Å². The Morgan fingerprint density at radius 1 is 0.548 bits per heavy atom. The zero-order chi connectivity index (χ0) is 21.2. The number of ether oxygens (including phenoxy) is 1. The molecule has 0 N–H and O–H groups in total. The molecule has 0 aliphatic rings. The maximum absolute atomic E-state index is 6.42. The van der Waals surface area contributed by atoms with Crippen molar-refractivity contribution in [1.82, 2.24) is 0 Å². The van der Waals surface area contributed by atoms with Gasteiger partial charge in [0.1, 0.15) is 11.5 Å².